The number of rotatable bonds is 7. The number of fused-ring (bicyclic) bond motifs is 1. The normalized spacial score (nSPS) is 14.9. The van der Waals surface area contributed by atoms with Gasteiger partial charge in [0.1, 0.15) is 11.6 Å². The highest BCUT2D eigenvalue weighted by molar-refractivity contribution is 8.00. The standard InChI is InChI=1S/C24H22F2N2OS/c1-3-30-28-16-9-11-23(29-24-10-8-15(25)12-21(24)26)20(13-16)19-14-22(27-2)18-7-5-4-6-17(18)19/h4-14,22,27-28H,3H2,1-2H3. The van der Waals surface area contributed by atoms with E-state index in [1.54, 1.807) is 11.9 Å². The number of ether oxygens (including phenoxy) is 1. The number of hydrogen-bond acceptors (Lipinski definition) is 4. The average Bonchev–Trinajstić information content (AvgIpc) is 3.13. The van der Waals surface area contributed by atoms with Crippen LogP contribution in [-0.4, -0.2) is 12.8 Å². The Labute approximate surface area is 179 Å². The summed E-state index contributed by atoms with van der Waals surface area (Å²) in [6.45, 7) is 2.07. The second-order valence-electron chi connectivity index (χ2n) is 6.86. The van der Waals surface area contributed by atoms with Gasteiger partial charge in [-0.25, -0.2) is 8.78 Å². The number of likely N-dealkylation sites (N-methyl/N-ethyl adjacent to an activating group) is 1. The summed E-state index contributed by atoms with van der Waals surface area (Å²) in [4.78, 5) is 0. The largest absolute Gasteiger partial charge is 0.454 e. The molecule has 0 aliphatic heterocycles. The maximum absolute atomic E-state index is 14.2. The Bertz CT molecular complexity index is 1100. The highest BCUT2D eigenvalue weighted by Gasteiger charge is 2.25. The highest BCUT2D eigenvalue weighted by atomic mass is 32.2. The van der Waals surface area contributed by atoms with Crippen LogP contribution in [0.3, 0.4) is 0 Å². The molecule has 0 heterocycles. The molecular weight excluding hydrogens is 402 g/mol. The van der Waals surface area contributed by atoms with Crippen molar-refractivity contribution >= 4 is 23.2 Å². The minimum Gasteiger partial charge on any atom is -0.454 e. The molecule has 0 bridgehead atoms. The minimum absolute atomic E-state index is 0.0154. The van der Waals surface area contributed by atoms with Crippen LogP contribution in [0.25, 0.3) is 5.57 Å². The zero-order valence-electron chi connectivity index (χ0n) is 16.7. The Hall–Kier alpha value is -2.83. The molecule has 1 aliphatic rings. The highest BCUT2D eigenvalue weighted by Crippen LogP contribution is 2.43. The van der Waals surface area contributed by atoms with Crippen LogP contribution in [0.1, 0.15) is 29.7 Å². The van der Waals surface area contributed by atoms with Crippen LogP contribution in [0.5, 0.6) is 11.5 Å². The van der Waals surface area contributed by atoms with E-state index in [2.05, 4.69) is 35.2 Å². The van der Waals surface area contributed by atoms with Gasteiger partial charge in [-0.2, -0.15) is 0 Å². The number of hydrogen-bond donors (Lipinski definition) is 2. The summed E-state index contributed by atoms with van der Waals surface area (Å²) >= 11 is 1.59. The summed E-state index contributed by atoms with van der Waals surface area (Å²) in [5, 5.41) is 3.31. The molecular formula is C24H22F2N2OS. The van der Waals surface area contributed by atoms with E-state index in [0.717, 1.165) is 34.2 Å². The molecule has 4 rings (SSSR count). The van der Waals surface area contributed by atoms with Crippen molar-refractivity contribution in [2.75, 3.05) is 17.5 Å². The number of halogens is 2. The van der Waals surface area contributed by atoms with Gasteiger partial charge in [-0.1, -0.05) is 49.2 Å². The van der Waals surface area contributed by atoms with Crippen molar-refractivity contribution < 1.29 is 13.5 Å². The predicted octanol–water partition coefficient (Wildman–Crippen LogP) is 6.54. The summed E-state index contributed by atoms with van der Waals surface area (Å²) < 4.78 is 36.8. The van der Waals surface area contributed by atoms with Gasteiger partial charge in [0, 0.05) is 23.1 Å². The van der Waals surface area contributed by atoms with Crippen LogP contribution in [0, 0.1) is 11.6 Å². The van der Waals surface area contributed by atoms with Crippen molar-refractivity contribution in [1.82, 2.24) is 5.32 Å². The van der Waals surface area contributed by atoms with Gasteiger partial charge in [-0.15, -0.1) is 0 Å². The van der Waals surface area contributed by atoms with Gasteiger partial charge < -0.3 is 14.8 Å². The lowest BCUT2D eigenvalue weighted by molar-refractivity contribution is 0.437. The van der Waals surface area contributed by atoms with Crippen molar-refractivity contribution in [3.63, 3.8) is 0 Å². The van der Waals surface area contributed by atoms with Crippen LogP contribution in [0.2, 0.25) is 0 Å². The molecule has 0 saturated carbocycles. The third-order valence-corrected chi connectivity index (χ3v) is 5.62. The van der Waals surface area contributed by atoms with Crippen molar-refractivity contribution in [2.24, 2.45) is 0 Å². The first-order chi connectivity index (χ1) is 14.6. The minimum atomic E-state index is -0.737. The molecule has 0 radical (unpaired) electrons. The summed E-state index contributed by atoms with van der Waals surface area (Å²) in [7, 11) is 1.92. The smallest absolute Gasteiger partial charge is 0.168 e. The van der Waals surface area contributed by atoms with Crippen LogP contribution in [0.15, 0.2) is 66.7 Å². The summed E-state index contributed by atoms with van der Waals surface area (Å²) in [5.41, 5.74) is 5.05. The van der Waals surface area contributed by atoms with E-state index in [9.17, 15) is 8.78 Å². The molecule has 3 nitrogen and oxygen atoms in total. The van der Waals surface area contributed by atoms with Crippen molar-refractivity contribution in [1.29, 1.82) is 0 Å². The fourth-order valence-electron chi connectivity index (χ4n) is 3.56. The molecule has 0 saturated heterocycles. The van der Waals surface area contributed by atoms with E-state index in [1.807, 2.05) is 37.4 Å². The van der Waals surface area contributed by atoms with E-state index in [1.165, 1.54) is 17.7 Å². The SMILES string of the molecule is CCSNc1ccc(Oc2ccc(F)cc2F)c(C2=CC(NC)c3ccccc32)c1. The van der Waals surface area contributed by atoms with Gasteiger partial charge in [0.25, 0.3) is 0 Å². The molecule has 1 aliphatic carbocycles. The second kappa shape index (κ2) is 8.90. The fraction of sp³-hybridized carbons (Fsp3) is 0.167. The molecule has 0 fully saturated rings. The van der Waals surface area contributed by atoms with E-state index >= 15 is 0 Å². The Morgan fingerprint density at radius 2 is 1.77 bits per heavy atom. The molecule has 30 heavy (non-hydrogen) atoms. The van der Waals surface area contributed by atoms with Crippen molar-refractivity contribution in [3.8, 4) is 11.5 Å². The van der Waals surface area contributed by atoms with Crippen LogP contribution in [0.4, 0.5) is 14.5 Å². The molecule has 3 aromatic carbocycles. The van der Waals surface area contributed by atoms with Gasteiger partial charge in [0.05, 0.1) is 6.04 Å². The summed E-state index contributed by atoms with van der Waals surface area (Å²) in [6.07, 6.45) is 2.14. The van der Waals surface area contributed by atoms with E-state index in [0.29, 0.717) is 5.75 Å². The van der Waals surface area contributed by atoms with E-state index < -0.39 is 11.6 Å². The lowest BCUT2D eigenvalue weighted by atomic mass is 9.98. The van der Waals surface area contributed by atoms with Gasteiger partial charge >= 0.3 is 0 Å². The third-order valence-electron chi connectivity index (χ3n) is 4.95. The summed E-state index contributed by atoms with van der Waals surface area (Å²) in [5.74, 6) is 0.0321. The molecule has 0 aromatic heterocycles. The molecule has 0 spiro atoms. The molecule has 2 N–H and O–H groups in total. The Balaban J connectivity index is 1.80. The summed E-state index contributed by atoms with van der Waals surface area (Å²) in [6, 6.07) is 17.3. The third kappa shape index (κ3) is 4.06. The topological polar surface area (TPSA) is 33.3 Å². The molecule has 6 heteroatoms. The molecule has 0 amide bonds. The Morgan fingerprint density at radius 3 is 2.53 bits per heavy atom. The zero-order valence-corrected chi connectivity index (χ0v) is 17.5. The second-order valence-corrected chi connectivity index (χ2v) is 7.93. The Kier molecular flexibility index (Phi) is 6.06. The lowest BCUT2D eigenvalue weighted by Gasteiger charge is -2.16. The van der Waals surface area contributed by atoms with E-state index in [4.69, 9.17) is 4.74 Å². The maximum atomic E-state index is 14.2. The predicted molar refractivity (Wildman–Crippen MR) is 120 cm³/mol. The molecule has 1 atom stereocenters. The lowest BCUT2D eigenvalue weighted by Crippen LogP contribution is -2.11. The number of benzene rings is 3. The first-order valence-corrected chi connectivity index (χ1v) is 10.7. The molecule has 3 aromatic rings. The zero-order chi connectivity index (χ0) is 21.1. The van der Waals surface area contributed by atoms with Gasteiger partial charge in [0.15, 0.2) is 11.6 Å². The quantitative estimate of drug-likeness (QED) is 0.422. The van der Waals surface area contributed by atoms with Gasteiger partial charge in [-0.05, 0) is 54.1 Å². The van der Waals surface area contributed by atoms with Crippen molar-refractivity contribution in [3.05, 3.63) is 95.1 Å². The molecule has 1 unspecified atom stereocenters. The fourth-order valence-corrected chi connectivity index (χ4v) is 4.00. The Morgan fingerprint density at radius 1 is 0.967 bits per heavy atom. The van der Waals surface area contributed by atoms with Crippen molar-refractivity contribution in [2.45, 2.75) is 13.0 Å². The van der Waals surface area contributed by atoms with Crippen LogP contribution in [-0.2, 0) is 0 Å². The number of anilines is 1. The number of nitrogens with one attached hydrogen (secondary N) is 2. The van der Waals surface area contributed by atoms with Crippen LogP contribution < -0.4 is 14.8 Å². The molecule has 154 valence electrons. The average molecular weight is 425 g/mol. The van der Waals surface area contributed by atoms with E-state index in [-0.39, 0.29) is 11.8 Å². The van der Waals surface area contributed by atoms with Gasteiger partial charge in [0.2, 0.25) is 0 Å². The first kappa shape index (κ1) is 20.4. The first-order valence-electron chi connectivity index (χ1n) is 9.74. The monoisotopic (exact) mass is 424 g/mol. The van der Waals surface area contributed by atoms with Gasteiger partial charge in [-0.3, -0.25) is 0 Å². The maximum Gasteiger partial charge on any atom is 0.168 e. The van der Waals surface area contributed by atoms with Crippen LogP contribution >= 0.6 is 11.9 Å².